The fourth-order valence-electron chi connectivity index (χ4n) is 0.331. The molecule has 0 bridgehead atoms. The Morgan fingerprint density at radius 2 is 2.30 bits per heavy atom. The van der Waals surface area contributed by atoms with Gasteiger partial charge in [-0.2, -0.15) is 0 Å². The first kappa shape index (κ1) is 8.68. The lowest BCUT2D eigenvalue weighted by atomic mass is 10.6. The monoisotopic (exact) mass is 143 g/mol. The van der Waals surface area contributed by atoms with E-state index in [0.717, 1.165) is 6.26 Å². The van der Waals surface area contributed by atoms with Crippen molar-refractivity contribution in [3.63, 3.8) is 0 Å². The standard InChI is InChI=1S/C6H9NO3/c1-3-10-6(9)4-7-5(2)8/h3H,1,4H2,2H3,(H,7,8). The van der Waals surface area contributed by atoms with E-state index in [0.29, 0.717) is 0 Å². The second kappa shape index (κ2) is 4.55. The van der Waals surface area contributed by atoms with Gasteiger partial charge in [0.05, 0.1) is 6.26 Å². The van der Waals surface area contributed by atoms with Gasteiger partial charge in [-0.1, -0.05) is 6.58 Å². The van der Waals surface area contributed by atoms with Crippen molar-refractivity contribution in [2.75, 3.05) is 6.54 Å². The number of esters is 1. The van der Waals surface area contributed by atoms with Crippen LogP contribution in [0.25, 0.3) is 0 Å². The number of amides is 1. The molecule has 0 aliphatic carbocycles. The zero-order valence-electron chi connectivity index (χ0n) is 5.72. The summed E-state index contributed by atoms with van der Waals surface area (Å²) < 4.78 is 4.30. The number of hydrogen-bond acceptors (Lipinski definition) is 3. The smallest absolute Gasteiger partial charge is 0.330 e. The van der Waals surface area contributed by atoms with Crippen LogP contribution in [0.2, 0.25) is 0 Å². The molecule has 56 valence electrons. The average Bonchev–Trinajstić information content (AvgIpc) is 1.85. The molecule has 0 fully saturated rings. The highest BCUT2D eigenvalue weighted by Crippen LogP contribution is 1.74. The van der Waals surface area contributed by atoms with E-state index in [1.165, 1.54) is 6.92 Å². The summed E-state index contributed by atoms with van der Waals surface area (Å²) in [6.45, 7) is 4.38. The van der Waals surface area contributed by atoms with Gasteiger partial charge < -0.3 is 10.1 Å². The molecule has 0 aromatic carbocycles. The molecule has 0 atom stereocenters. The summed E-state index contributed by atoms with van der Waals surface area (Å²) in [4.78, 5) is 20.6. The quantitative estimate of drug-likeness (QED) is 0.440. The van der Waals surface area contributed by atoms with E-state index in [4.69, 9.17) is 0 Å². The van der Waals surface area contributed by atoms with E-state index in [9.17, 15) is 9.59 Å². The molecule has 0 aromatic rings. The molecular formula is C6H9NO3. The zero-order valence-corrected chi connectivity index (χ0v) is 5.72. The number of rotatable bonds is 3. The lowest BCUT2D eigenvalue weighted by molar-refractivity contribution is -0.138. The third kappa shape index (κ3) is 4.83. The van der Waals surface area contributed by atoms with E-state index >= 15 is 0 Å². The van der Waals surface area contributed by atoms with E-state index in [1.807, 2.05) is 0 Å². The van der Waals surface area contributed by atoms with Crippen LogP contribution in [-0.2, 0) is 14.3 Å². The van der Waals surface area contributed by atoms with Crippen molar-refractivity contribution >= 4 is 11.9 Å². The Bertz CT molecular complexity index is 153. The van der Waals surface area contributed by atoms with Gasteiger partial charge >= 0.3 is 5.97 Å². The summed E-state index contributed by atoms with van der Waals surface area (Å²) in [6, 6.07) is 0. The minimum absolute atomic E-state index is 0.110. The van der Waals surface area contributed by atoms with Crippen LogP contribution in [0.4, 0.5) is 0 Å². The van der Waals surface area contributed by atoms with Crippen molar-refractivity contribution in [3.05, 3.63) is 12.8 Å². The third-order valence-corrected chi connectivity index (χ3v) is 0.696. The maximum Gasteiger partial charge on any atom is 0.330 e. The van der Waals surface area contributed by atoms with Gasteiger partial charge in [0.1, 0.15) is 6.54 Å². The summed E-state index contributed by atoms with van der Waals surface area (Å²) in [7, 11) is 0. The fraction of sp³-hybridized carbons (Fsp3) is 0.333. The highest BCUT2D eigenvalue weighted by molar-refractivity contribution is 5.80. The van der Waals surface area contributed by atoms with Gasteiger partial charge in [0.15, 0.2) is 0 Å². The van der Waals surface area contributed by atoms with Crippen LogP contribution in [0.3, 0.4) is 0 Å². The van der Waals surface area contributed by atoms with Crippen molar-refractivity contribution in [1.82, 2.24) is 5.32 Å². The minimum atomic E-state index is -0.523. The Labute approximate surface area is 58.9 Å². The largest absolute Gasteiger partial charge is 0.434 e. The number of carbonyl (C=O) groups excluding carboxylic acids is 2. The van der Waals surface area contributed by atoms with Crippen LogP contribution in [0.1, 0.15) is 6.92 Å². The number of nitrogens with one attached hydrogen (secondary N) is 1. The van der Waals surface area contributed by atoms with Gasteiger partial charge in [-0.3, -0.25) is 4.79 Å². The van der Waals surface area contributed by atoms with E-state index in [1.54, 1.807) is 0 Å². The molecule has 0 saturated carbocycles. The molecule has 0 rings (SSSR count). The third-order valence-electron chi connectivity index (χ3n) is 0.696. The van der Waals surface area contributed by atoms with Crippen LogP contribution in [0, 0.1) is 0 Å². The molecule has 0 heterocycles. The van der Waals surface area contributed by atoms with Crippen molar-refractivity contribution in [2.45, 2.75) is 6.92 Å². The molecule has 0 saturated heterocycles. The van der Waals surface area contributed by atoms with E-state index in [2.05, 4.69) is 16.6 Å². The Balaban J connectivity index is 3.39. The topological polar surface area (TPSA) is 55.4 Å². The summed E-state index contributed by atoms with van der Waals surface area (Å²) in [5.41, 5.74) is 0. The maximum atomic E-state index is 10.4. The Kier molecular flexibility index (Phi) is 3.95. The molecule has 4 nitrogen and oxygen atoms in total. The maximum absolute atomic E-state index is 10.4. The fourth-order valence-corrected chi connectivity index (χ4v) is 0.331. The Morgan fingerprint density at radius 1 is 1.70 bits per heavy atom. The summed E-state index contributed by atoms with van der Waals surface area (Å²) in [5, 5.41) is 2.27. The first-order valence-corrected chi connectivity index (χ1v) is 2.71. The average molecular weight is 143 g/mol. The summed E-state index contributed by atoms with van der Waals surface area (Å²) in [5.74, 6) is -0.786. The molecule has 0 aromatic heterocycles. The lowest BCUT2D eigenvalue weighted by Crippen LogP contribution is -2.27. The molecule has 4 heteroatoms. The summed E-state index contributed by atoms with van der Waals surface area (Å²) >= 11 is 0. The van der Waals surface area contributed by atoms with Gasteiger partial charge in [0, 0.05) is 6.92 Å². The Morgan fingerprint density at radius 3 is 2.70 bits per heavy atom. The molecule has 1 N–H and O–H groups in total. The van der Waals surface area contributed by atoms with Gasteiger partial charge in [0.2, 0.25) is 5.91 Å². The van der Waals surface area contributed by atoms with Crippen molar-refractivity contribution in [1.29, 1.82) is 0 Å². The predicted molar refractivity (Wildman–Crippen MR) is 35.0 cm³/mol. The van der Waals surface area contributed by atoms with E-state index < -0.39 is 5.97 Å². The lowest BCUT2D eigenvalue weighted by Gasteiger charge is -1.97. The van der Waals surface area contributed by atoms with Crippen molar-refractivity contribution < 1.29 is 14.3 Å². The molecule has 0 spiro atoms. The van der Waals surface area contributed by atoms with Crippen LogP contribution in [0.5, 0.6) is 0 Å². The molecule has 0 aliphatic rings. The molecule has 1 amide bonds. The normalized spacial score (nSPS) is 8.10. The highest BCUT2D eigenvalue weighted by Gasteiger charge is 1.99. The van der Waals surface area contributed by atoms with Crippen molar-refractivity contribution in [2.24, 2.45) is 0 Å². The predicted octanol–water partition coefficient (Wildman–Crippen LogP) is -0.191. The first-order valence-electron chi connectivity index (χ1n) is 2.71. The van der Waals surface area contributed by atoms with Crippen LogP contribution in [-0.4, -0.2) is 18.4 Å². The number of carbonyl (C=O) groups is 2. The molecule has 0 unspecified atom stereocenters. The SMILES string of the molecule is C=COC(=O)CNC(C)=O. The van der Waals surface area contributed by atoms with Gasteiger partial charge in [-0.15, -0.1) is 0 Å². The van der Waals surface area contributed by atoms with Gasteiger partial charge in [-0.25, -0.2) is 4.79 Å². The van der Waals surface area contributed by atoms with Crippen molar-refractivity contribution in [3.8, 4) is 0 Å². The van der Waals surface area contributed by atoms with Gasteiger partial charge in [-0.05, 0) is 0 Å². The number of ether oxygens (including phenoxy) is 1. The highest BCUT2D eigenvalue weighted by atomic mass is 16.5. The molecule has 0 aliphatic heterocycles. The van der Waals surface area contributed by atoms with Crippen LogP contribution in [0.15, 0.2) is 12.8 Å². The molecule has 10 heavy (non-hydrogen) atoms. The minimum Gasteiger partial charge on any atom is -0.434 e. The first-order chi connectivity index (χ1) is 4.66. The second-order valence-corrected chi connectivity index (χ2v) is 1.57. The summed E-state index contributed by atoms with van der Waals surface area (Å²) in [6.07, 6.45) is 1.02. The molecule has 0 radical (unpaired) electrons. The molecular weight excluding hydrogens is 134 g/mol. The second-order valence-electron chi connectivity index (χ2n) is 1.57. The Hall–Kier alpha value is -1.32. The van der Waals surface area contributed by atoms with Gasteiger partial charge in [0.25, 0.3) is 0 Å². The van der Waals surface area contributed by atoms with Crippen LogP contribution < -0.4 is 5.32 Å². The zero-order chi connectivity index (χ0) is 7.98. The van der Waals surface area contributed by atoms with E-state index in [-0.39, 0.29) is 12.5 Å². The number of hydrogen-bond donors (Lipinski definition) is 1. The van der Waals surface area contributed by atoms with Crippen LogP contribution >= 0.6 is 0 Å².